The summed E-state index contributed by atoms with van der Waals surface area (Å²) in [6.45, 7) is 0. The van der Waals surface area contributed by atoms with E-state index in [-0.39, 0.29) is 11.1 Å². The molecule has 6 heteroatoms. The number of aromatic nitrogens is 4. The summed E-state index contributed by atoms with van der Waals surface area (Å²) < 4.78 is 8.19. The number of fused-ring (bicyclic) bond motifs is 6. The third kappa shape index (κ3) is 4.10. The molecule has 8 aromatic carbocycles. The molecule has 0 atom stereocenters. The Hall–Kier alpha value is -7.70. The van der Waals surface area contributed by atoms with Crippen LogP contribution in [0.4, 0.5) is 0 Å². The van der Waals surface area contributed by atoms with Crippen LogP contribution in [0.5, 0.6) is 0 Å². The number of hydrogen-bond donors (Lipinski definition) is 0. The van der Waals surface area contributed by atoms with Crippen molar-refractivity contribution in [1.82, 2.24) is 18.3 Å². The van der Waals surface area contributed by atoms with Gasteiger partial charge in [-0.2, -0.15) is 0 Å². The quantitative estimate of drug-likeness (QED) is 0.170. The van der Waals surface area contributed by atoms with Gasteiger partial charge in [0.1, 0.15) is 0 Å². The average molecular weight is 719 g/mol. The van der Waals surface area contributed by atoms with E-state index in [2.05, 4.69) is 130 Å². The van der Waals surface area contributed by atoms with Crippen LogP contribution in [-0.2, 0) is 0 Å². The molecule has 12 rings (SSSR count). The molecule has 56 heavy (non-hydrogen) atoms. The molecule has 4 aromatic heterocycles. The molecule has 6 nitrogen and oxygen atoms in total. The van der Waals surface area contributed by atoms with Crippen LogP contribution in [0.3, 0.4) is 0 Å². The van der Waals surface area contributed by atoms with Gasteiger partial charge in [0.2, 0.25) is 0 Å². The van der Waals surface area contributed by atoms with E-state index in [1.54, 1.807) is 0 Å². The van der Waals surface area contributed by atoms with E-state index >= 15 is 0 Å². The van der Waals surface area contributed by atoms with Crippen LogP contribution in [0.15, 0.2) is 192 Å². The zero-order valence-electron chi connectivity index (χ0n) is 29.9. The molecule has 0 aliphatic rings. The van der Waals surface area contributed by atoms with Crippen LogP contribution in [0.2, 0.25) is 0 Å². The van der Waals surface area contributed by atoms with Gasteiger partial charge in [-0.15, -0.1) is 0 Å². The van der Waals surface area contributed by atoms with E-state index < -0.39 is 0 Å². The van der Waals surface area contributed by atoms with Gasteiger partial charge in [0.15, 0.2) is 0 Å². The Morgan fingerprint density at radius 3 is 1.11 bits per heavy atom. The van der Waals surface area contributed by atoms with Crippen molar-refractivity contribution in [2.24, 2.45) is 0 Å². The fraction of sp³-hybridized carbons (Fsp3) is 0. The van der Waals surface area contributed by atoms with E-state index in [0.29, 0.717) is 16.2 Å². The van der Waals surface area contributed by atoms with E-state index in [4.69, 9.17) is 0 Å². The second kappa shape index (κ2) is 11.4. The standard InChI is InChI=1S/C50H30N4O2/c55-49-37-19-11-20-38-47(37)48-45(53(49)33-25-27-43-39(29-33)35-17-7-9-21-41(35)51(43)31-13-3-1-4-14-31)23-12-24-46(48)54(50(38)56)34-26-28-44-40(30-34)36-18-8-10-22-42(36)52(44)32-15-5-2-6-16-32/h1-30H. The van der Waals surface area contributed by atoms with Gasteiger partial charge >= 0.3 is 0 Å². The summed E-state index contributed by atoms with van der Waals surface area (Å²) in [5.74, 6) is 0. The van der Waals surface area contributed by atoms with Gasteiger partial charge in [0, 0.05) is 54.5 Å². The van der Waals surface area contributed by atoms with E-state index in [1.807, 2.05) is 69.8 Å². The Kier molecular flexibility index (Phi) is 6.26. The van der Waals surface area contributed by atoms with E-state index in [9.17, 15) is 9.59 Å². The number of hydrogen-bond acceptors (Lipinski definition) is 2. The van der Waals surface area contributed by atoms with Crippen LogP contribution < -0.4 is 11.1 Å². The zero-order chi connectivity index (χ0) is 37.1. The molecule has 0 fully saturated rings. The maximum atomic E-state index is 14.7. The van der Waals surface area contributed by atoms with Gasteiger partial charge < -0.3 is 9.13 Å². The minimum atomic E-state index is -0.158. The smallest absolute Gasteiger partial charge is 0.263 e. The molecule has 0 saturated heterocycles. The predicted molar refractivity (Wildman–Crippen MR) is 230 cm³/mol. The zero-order valence-corrected chi connectivity index (χ0v) is 29.9. The van der Waals surface area contributed by atoms with Gasteiger partial charge in [0.05, 0.1) is 44.5 Å². The van der Waals surface area contributed by atoms with Crippen molar-refractivity contribution in [2.45, 2.75) is 0 Å². The van der Waals surface area contributed by atoms with E-state index in [0.717, 1.165) is 82.8 Å². The molecule has 0 unspecified atom stereocenters. The largest absolute Gasteiger partial charge is 0.309 e. The number of rotatable bonds is 4. The maximum absolute atomic E-state index is 14.7. The molecule has 0 spiro atoms. The first-order chi connectivity index (χ1) is 27.7. The lowest BCUT2D eigenvalue weighted by molar-refractivity contribution is 1.04. The SMILES string of the molecule is O=c1c2cccc3c(=O)n(-c4ccc5c(c4)c4ccccc4n5-c4ccccc4)c4cccc(c4c23)n1-c1ccc2c(c1)c1ccccc1n2-c1ccccc1. The summed E-state index contributed by atoms with van der Waals surface area (Å²) in [6, 6.07) is 61.6. The monoisotopic (exact) mass is 718 g/mol. The summed E-state index contributed by atoms with van der Waals surface area (Å²) >= 11 is 0. The lowest BCUT2D eigenvalue weighted by Gasteiger charge is -2.19. The van der Waals surface area contributed by atoms with Crippen molar-refractivity contribution < 1.29 is 0 Å². The topological polar surface area (TPSA) is 53.9 Å². The molecule has 0 radical (unpaired) electrons. The van der Waals surface area contributed by atoms with Gasteiger partial charge in [-0.1, -0.05) is 84.9 Å². The Morgan fingerprint density at radius 2 is 0.625 bits per heavy atom. The molecule has 0 N–H and O–H groups in total. The first-order valence-corrected chi connectivity index (χ1v) is 18.8. The van der Waals surface area contributed by atoms with Gasteiger partial charge in [-0.05, 0) is 97.1 Å². The maximum Gasteiger partial charge on any atom is 0.263 e. The van der Waals surface area contributed by atoms with Crippen LogP contribution >= 0.6 is 0 Å². The molecule has 0 aliphatic carbocycles. The second-order valence-corrected chi connectivity index (χ2v) is 14.5. The number of pyridine rings is 2. The highest BCUT2D eigenvalue weighted by Gasteiger charge is 2.23. The number of para-hydroxylation sites is 4. The van der Waals surface area contributed by atoms with Crippen LogP contribution in [-0.4, -0.2) is 18.3 Å². The van der Waals surface area contributed by atoms with Crippen LogP contribution in [0.25, 0.3) is 98.9 Å². The lowest BCUT2D eigenvalue weighted by atomic mass is 9.99. The fourth-order valence-corrected chi connectivity index (χ4v) is 9.22. The Balaban J connectivity index is 1.14. The minimum absolute atomic E-state index is 0.158. The highest BCUT2D eigenvalue weighted by Crippen LogP contribution is 2.38. The Morgan fingerprint density at radius 1 is 0.250 bits per heavy atom. The molecule has 0 aliphatic heterocycles. The van der Waals surface area contributed by atoms with Crippen LogP contribution in [0, 0.1) is 0 Å². The summed E-state index contributed by atoms with van der Waals surface area (Å²) in [7, 11) is 0. The molecule has 0 amide bonds. The Labute approximate surface area is 318 Å². The molecular weight excluding hydrogens is 689 g/mol. The summed E-state index contributed by atoms with van der Waals surface area (Å²) in [5, 5.41) is 6.93. The summed E-state index contributed by atoms with van der Waals surface area (Å²) in [5.41, 5.74) is 9.18. The second-order valence-electron chi connectivity index (χ2n) is 14.5. The van der Waals surface area contributed by atoms with Crippen molar-refractivity contribution in [3.63, 3.8) is 0 Å². The minimum Gasteiger partial charge on any atom is -0.309 e. The van der Waals surface area contributed by atoms with Crippen molar-refractivity contribution in [3.05, 3.63) is 203 Å². The van der Waals surface area contributed by atoms with Crippen molar-refractivity contribution in [1.29, 1.82) is 0 Å². The summed E-state index contributed by atoms with van der Waals surface area (Å²) in [6.07, 6.45) is 0. The molecule has 0 bridgehead atoms. The van der Waals surface area contributed by atoms with Crippen LogP contribution in [0.1, 0.15) is 0 Å². The normalized spacial score (nSPS) is 12.1. The fourth-order valence-electron chi connectivity index (χ4n) is 9.22. The van der Waals surface area contributed by atoms with Crippen molar-refractivity contribution in [2.75, 3.05) is 0 Å². The summed E-state index contributed by atoms with van der Waals surface area (Å²) in [4.78, 5) is 29.5. The van der Waals surface area contributed by atoms with Crippen molar-refractivity contribution in [3.8, 4) is 22.7 Å². The average Bonchev–Trinajstić information content (AvgIpc) is 3.76. The third-order valence-corrected chi connectivity index (χ3v) is 11.5. The van der Waals surface area contributed by atoms with Gasteiger partial charge in [0.25, 0.3) is 11.1 Å². The first-order valence-electron chi connectivity index (χ1n) is 18.8. The number of nitrogens with zero attached hydrogens (tertiary/aromatic N) is 4. The number of benzene rings is 8. The first kappa shape index (κ1) is 30.7. The highest BCUT2D eigenvalue weighted by molar-refractivity contribution is 6.21. The highest BCUT2D eigenvalue weighted by atomic mass is 16.1. The molecule has 4 heterocycles. The predicted octanol–water partition coefficient (Wildman–Crippen LogP) is 11.1. The van der Waals surface area contributed by atoms with Crippen molar-refractivity contribution >= 4 is 76.2 Å². The van der Waals surface area contributed by atoms with Gasteiger partial charge in [-0.3, -0.25) is 18.7 Å². The molecule has 0 saturated carbocycles. The van der Waals surface area contributed by atoms with Gasteiger partial charge in [-0.25, -0.2) is 0 Å². The molecular formula is C50H30N4O2. The van der Waals surface area contributed by atoms with E-state index in [1.165, 1.54) is 0 Å². The molecule has 12 aromatic rings. The lowest BCUT2D eigenvalue weighted by Crippen LogP contribution is -2.24. The third-order valence-electron chi connectivity index (χ3n) is 11.5. The Bertz CT molecular complexity index is 3450. The molecule has 262 valence electrons.